The molecule has 140 valence electrons. The van der Waals surface area contributed by atoms with Gasteiger partial charge in [-0.2, -0.15) is 0 Å². The third-order valence-corrected chi connectivity index (χ3v) is 4.68. The normalized spacial score (nSPS) is 10.9. The molecule has 2 heterocycles. The summed E-state index contributed by atoms with van der Waals surface area (Å²) in [7, 11) is 1.56. The van der Waals surface area contributed by atoms with E-state index >= 15 is 0 Å². The van der Waals surface area contributed by atoms with Crippen molar-refractivity contribution >= 4 is 33.0 Å². The molecule has 28 heavy (non-hydrogen) atoms. The van der Waals surface area contributed by atoms with Gasteiger partial charge in [-0.25, -0.2) is 19.3 Å². The van der Waals surface area contributed by atoms with Crippen molar-refractivity contribution in [3.8, 4) is 22.8 Å². The van der Waals surface area contributed by atoms with Crippen molar-refractivity contribution in [2.24, 2.45) is 5.73 Å². The molecule has 0 atom stereocenters. The second-order valence-electron chi connectivity index (χ2n) is 5.93. The van der Waals surface area contributed by atoms with Crippen LogP contribution in [0.4, 0.5) is 0 Å². The van der Waals surface area contributed by atoms with Crippen molar-refractivity contribution in [2.75, 3.05) is 7.11 Å². The van der Waals surface area contributed by atoms with E-state index in [1.54, 1.807) is 37.4 Å². The predicted octanol–water partition coefficient (Wildman–Crippen LogP) is 2.65. The molecule has 0 fully saturated rings. The molecule has 0 aliphatic heterocycles. The van der Waals surface area contributed by atoms with Gasteiger partial charge in [-0.3, -0.25) is 4.79 Å². The SMILES string of the molecule is COc1ccc(-n2c(=O)[nH]c3c(C(N)=O)nc(-c4cccc(Br)c4)nc32)cc1. The van der Waals surface area contributed by atoms with Crippen molar-refractivity contribution in [3.05, 3.63) is 69.2 Å². The summed E-state index contributed by atoms with van der Waals surface area (Å²) in [5.74, 6) is 0.176. The predicted molar refractivity (Wildman–Crippen MR) is 108 cm³/mol. The summed E-state index contributed by atoms with van der Waals surface area (Å²) < 4.78 is 7.35. The Balaban J connectivity index is 2.02. The Morgan fingerprint density at radius 2 is 1.93 bits per heavy atom. The van der Waals surface area contributed by atoms with E-state index in [0.717, 1.165) is 4.47 Å². The van der Waals surface area contributed by atoms with Gasteiger partial charge in [0.15, 0.2) is 17.2 Å². The summed E-state index contributed by atoms with van der Waals surface area (Å²) in [6.07, 6.45) is 0. The lowest BCUT2D eigenvalue weighted by atomic mass is 10.2. The first kappa shape index (κ1) is 17.9. The minimum atomic E-state index is -0.758. The van der Waals surface area contributed by atoms with Crippen LogP contribution in [0.15, 0.2) is 57.8 Å². The molecule has 9 heteroatoms. The fourth-order valence-electron chi connectivity index (χ4n) is 2.89. The van der Waals surface area contributed by atoms with Gasteiger partial charge in [-0.15, -0.1) is 0 Å². The molecule has 0 spiro atoms. The fraction of sp³-hybridized carbons (Fsp3) is 0.0526. The molecule has 2 aromatic heterocycles. The summed E-state index contributed by atoms with van der Waals surface area (Å²) >= 11 is 3.41. The Kier molecular flexibility index (Phi) is 4.44. The number of rotatable bonds is 4. The van der Waals surface area contributed by atoms with Crippen LogP contribution in [0.3, 0.4) is 0 Å². The Morgan fingerprint density at radius 3 is 2.57 bits per heavy atom. The summed E-state index contributed by atoms with van der Waals surface area (Å²) in [4.78, 5) is 36.0. The van der Waals surface area contributed by atoms with Crippen molar-refractivity contribution in [1.29, 1.82) is 0 Å². The number of methoxy groups -OCH3 is 1. The lowest BCUT2D eigenvalue weighted by molar-refractivity contribution is 0.0997. The zero-order valence-electron chi connectivity index (χ0n) is 14.6. The van der Waals surface area contributed by atoms with Crippen LogP contribution in [0.25, 0.3) is 28.2 Å². The van der Waals surface area contributed by atoms with E-state index in [1.165, 1.54) is 4.57 Å². The molecule has 2 aromatic carbocycles. The lowest BCUT2D eigenvalue weighted by Gasteiger charge is -2.07. The van der Waals surface area contributed by atoms with E-state index < -0.39 is 11.6 Å². The Labute approximate surface area is 167 Å². The number of imidazole rings is 1. The fourth-order valence-corrected chi connectivity index (χ4v) is 3.29. The molecule has 0 radical (unpaired) electrons. The quantitative estimate of drug-likeness (QED) is 0.506. The van der Waals surface area contributed by atoms with E-state index in [1.807, 2.05) is 18.2 Å². The lowest BCUT2D eigenvalue weighted by Crippen LogP contribution is -2.15. The Morgan fingerprint density at radius 1 is 1.18 bits per heavy atom. The van der Waals surface area contributed by atoms with Gasteiger partial charge < -0.3 is 15.5 Å². The number of aromatic nitrogens is 4. The molecule has 0 aliphatic rings. The number of primary amides is 1. The van der Waals surface area contributed by atoms with Crippen LogP contribution >= 0.6 is 15.9 Å². The van der Waals surface area contributed by atoms with Crippen LogP contribution in [0.2, 0.25) is 0 Å². The van der Waals surface area contributed by atoms with Crippen LogP contribution < -0.4 is 16.2 Å². The van der Waals surface area contributed by atoms with E-state index in [-0.39, 0.29) is 22.7 Å². The number of hydrogen-bond donors (Lipinski definition) is 2. The first-order valence-electron chi connectivity index (χ1n) is 8.21. The van der Waals surface area contributed by atoms with E-state index in [4.69, 9.17) is 10.5 Å². The van der Waals surface area contributed by atoms with Gasteiger partial charge in [0.1, 0.15) is 11.3 Å². The van der Waals surface area contributed by atoms with Gasteiger partial charge in [-0.1, -0.05) is 28.1 Å². The number of halogens is 1. The maximum atomic E-state index is 12.6. The van der Waals surface area contributed by atoms with Crippen LogP contribution in [0.5, 0.6) is 5.75 Å². The first-order chi connectivity index (χ1) is 13.5. The number of aromatic amines is 1. The molecule has 0 saturated carbocycles. The minimum absolute atomic E-state index is 0.0515. The van der Waals surface area contributed by atoms with Gasteiger partial charge in [0.05, 0.1) is 12.8 Å². The molecule has 3 N–H and O–H groups in total. The van der Waals surface area contributed by atoms with E-state index in [0.29, 0.717) is 17.0 Å². The third-order valence-electron chi connectivity index (χ3n) is 4.18. The summed E-state index contributed by atoms with van der Waals surface area (Å²) in [5.41, 5.74) is 6.68. The van der Waals surface area contributed by atoms with Crippen molar-refractivity contribution in [1.82, 2.24) is 19.5 Å². The highest BCUT2D eigenvalue weighted by molar-refractivity contribution is 9.10. The highest BCUT2D eigenvalue weighted by atomic mass is 79.9. The number of fused-ring (bicyclic) bond motifs is 1. The molecule has 0 saturated heterocycles. The highest BCUT2D eigenvalue weighted by Gasteiger charge is 2.20. The number of nitrogens with zero attached hydrogens (tertiary/aromatic N) is 3. The number of benzene rings is 2. The Bertz CT molecular complexity index is 1260. The van der Waals surface area contributed by atoms with E-state index in [2.05, 4.69) is 30.9 Å². The number of carbonyl (C=O) groups excluding carboxylic acids is 1. The number of carbonyl (C=O) groups is 1. The number of amides is 1. The highest BCUT2D eigenvalue weighted by Crippen LogP contribution is 2.24. The van der Waals surface area contributed by atoms with Gasteiger partial charge in [-0.05, 0) is 36.4 Å². The topological polar surface area (TPSA) is 116 Å². The van der Waals surface area contributed by atoms with Gasteiger partial charge in [0.2, 0.25) is 0 Å². The van der Waals surface area contributed by atoms with Crippen LogP contribution in [-0.2, 0) is 0 Å². The average molecular weight is 440 g/mol. The number of nitrogens with two attached hydrogens (primary N) is 1. The molecule has 0 unspecified atom stereocenters. The van der Waals surface area contributed by atoms with Gasteiger partial charge in [0.25, 0.3) is 5.91 Å². The van der Waals surface area contributed by atoms with Crippen molar-refractivity contribution < 1.29 is 9.53 Å². The van der Waals surface area contributed by atoms with Crippen LogP contribution in [-0.4, -0.2) is 32.5 Å². The maximum Gasteiger partial charge on any atom is 0.332 e. The maximum absolute atomic E-state index is 12.6. The molecule has 4 aromatic rings. The average Bonchev–Trinajstić information content (AvgIpc) is 3.02. The second kappa shape index (κ2) is 6.93. The van der Waals surface area contributed by atoms with Crippen molar-refractivity contribution in [3.63, 3.8) is 0 Å². The molecule has 1 amide bonds. The summed E-state index contributed by atoms with van der Waals surface area (Å²) in [6.45, 7) is 0. The molecule has 4 rings (SSSR count). The number of nitrogens with one attached hydrogen (secondary N) is 1. The number of ether oxygens (including phenoxy) is 1. The first-order valence-corrected chi connectivity index (χ1v) is 9.00. The standard InChI is InChI=1S/C19H14BrN5O3/c1-28-13-7-5-12(6-8-13)25-18-15(23-19(25)27)14(16(21)26)22-17(24-18)10-3-2-4-11(20)9-10/h2-9H,1H3,(H2,21,26)(H,23,27). The van der Waals surface area contributed by atoms with E-state index in [9.17, 15) is 9.59 Å². The van der Waals surface area contributed by atoms with Crippen LogP contribution in [0, 0.1) is 0 Å². The Hall–Kier alpha value is -3.46. The summed E-state index contributed by atoms with van der Waals surface area (Å²) in [6, 6.07) is 14.2. The van der Waals surface area contributed by atoms with Crippen LogP contribution in [0.1, 0.15) is 10.5 Å². The van der Waals surface area contributed by atoms with Gasteiger partial charge in [0, 0.05) is 10.0 Å². The largest absolute Gasteiger partial charge is 0.497 e. The summed E-state index contributed by atoms with van der Waals surface area (Å²) in [5, 5.41) is 0. The van der Waals surface area contributed by atoms with Crippen molar-refractivity contribution in [2.45, 2.75) is 0 Å². The molecular weight excluding hydrogens is 426 g/mol. The third kappa shape index (κ3) is 3.05. The smallest absolute Gasteiger partial charge is 0.332 e. The minimum Gasteiger partial charge on any atom is -0.497 e. The molecular formula is C19H14BrN5O3. The zero-order valence-corrected chi connectivity index (χ0v) is 16.2. The second-order valence-corrected chi connectivity index (χ2v) is 6.85. The molecule has 8 nitrogen and oxygen atoms in total. The number of hydrogen-bond acceptors (Lipinski definition) is 5. The number of H-pyrrole nitrogens is 1. The van der Waals surface area contributed by atoms with Gasteiger partial charge >= 0.3 is 5.69 Å². The monoisotopic (exact) mass is 439 g/mol. The molecule has 0 aliphatic carbocycles. The molecule has 0 bridgehead atoms. The zero-order chi connectivity index (χ0) is 19.8.